The van der Waals surface area contributed by atoms with E-state index in [0.29, 0.717) is 0 Å². The van der Waals surface area contributed by atoms with Gasteiger partial charge < -0.3 is 9.47 Å². The first-order valence-corrected chi connectivity index (χ1v) is 7.07. The quantitative estimate of drug-likeness (QED) is 0.828. The standard InChI is InChI=1S/C17H21NO2/c1-16(2)10-15(17(3,4)20-16)19-13-9-12-7-5-6-8-14(12)18-11-13/h5-9,11,15H,10H2,1-4H3. The zero-order chi connectivity index (χ0) is 14.4. The van der Waals surface area contributed by atoms with Gasteiger partial charge in [-0.05, 0) is 39.8 Å². The van der Waals surface area contributed by atoms with E-state index in [1.807, 2.05) is 24.3 Å². The lowest BCUT2D eigenvalue weighted by Crippen LogP contribution is -2.36. The van der Waals surface area contributed by atoms with Crippen LogP contribution in [0.1, 0.15) is 34.1 Å². The van der Waals surface area contributed by atoms with Gasteiger partial charge in [0.2, 0.25) is 0 Å². The van der Waals surface area contributed by atoms with Crippen molar-refractivity contribution in [3.8, 4) is 5.75 Å². The van der Waals surface area contributed by atoms with Crippen LogP contribution in [-0.4, -0.2) is 22.3 Å². The highest BCUT2D eigenvalue weighted by atomic mass is 16.6. The van der Waals surface area contributed by atoms with Crippen LogP contribution in [0.3, 0.4) is 0 Å². The molecule has 1 aromatic carbocycles. The highest BCUT2D eigenvalue weighted by Crippen LogP contribution is 2.39. The Bertz CT molecular complexity index is 634. The Morgan fingerprint density at radius 3 is 2.65 bits per heavy atom. The molecular weight excluding hydrogens is 250 g/mol. The molecule has 1 aliphatic heterocycles. The number of benzene rings is 1. The van der Waals surface area contributed by atoms with Gasteiger partial charge in [-0.3, -0.25) is 4.98 Å². The summed E-state index contributed by atoms with van der Waals surface area (Å²) in [5.74, 6) is 0.808. The lowest BCUT2D eigenvalue weighted by molar-refractivity contribution is -0.0846. The normalized spacial score (nSPS) is 23.9. The van der Waals surface area contributed by atoms with Crippen molar-refractivity contribution < 1.29 is 9.47 Å². The van der Waals surface area contributed by atoms with Crippen molar-refractivity contribution in [3.63, 3.8) is 0 Å². The van der Waals surface area contributed by atoms with Crippen molar-refractivity contribution in [1.29, 1.82) is 0 Å². The Labute approximate surface area is 119 Å². The van der Waals surface area contributed by atoms with Gasteiger partial charge in [0.1, 0.15) is 17.5 Å². The molecule has 0 radical (unpaired) electrons. The Balaban J connectivity index is 1.86. The second-order valence-electron chi connectivity index (χ2n) is 6.64. The van der Waals surface area contributed by atoms with Crippen molar-refractivity contribution in [2.24, 2.45) is 0 Å². The summed E-state index contributed by atoms with van der Waals surface area (Å²) in [6.07, 6.45) is 2.72. The number of ether oxygens (including phenoxy) is 2. The minimum atomic E-state index is -0.283. The average molecular weight is 271 g/mol. The number of para-hydroxylation sites is 1. The molecular formula is C17H21NO2. The number of hydrogen-bond acceptors (Lipinski definition) is 3. The van der Waals surface area contributed by atoms with Crippen LogP contribution in [0.15, 0.2) is 36.5 Å². The summed E-state index contributed by atoms with van der Waals surface area (Å²) in [5.41, 5.74) is 0.565. The third kappa shape index (κ3) is 2.50. The molecule has 106 valence electrons. The van der Waals surface area contributed by atoms with Gasteiger partial charge in [-0.2, -0.15) is 0 Å². The van der Waals surface area contributed by atoms with Crippen LogP contribution >= 0.6 is 0 Å². The van der Waals surface area contributed by atoms with E-state index in [1.54, 1.807) is 6.20 Å². The summed E-state index contributed by atoms with van der Waals surface area (Å²) in [4.78, 5) is 4.44. The molecule has 0 bridgehead atoms. The Morgan fingerprint density at radius 1 is 1.20 bits per heavy atom. The van der Waals surface area contributed by atoms with Crippen LogP contribution in [0.2, 0.25) is 0 Å². The predicted molar refractivity (Wildman–Crippen MR) is 80.0 cm³/mol. The molecule has 3 heteroatoms. The van der Waals surface area contributed by atoms with E-state index in [2.05, 4.69) is 38.7 Å². The largest absolute Gasteiger partial charge is 0.486 e. The summed E-state index contributed by atoms with van der Waals surface area (Å²) in [5, 5.41) is 1.10. The van der Waals surface area contributed by atoms with Crippen molar-refractivity contribution in [2.45, 2.75) is 51.4 Å². The number of nitrogens with zero attached hydrogens (tertiary/aromatic N) is 1. The van der Waals surface area contributed by atoms with Crippen molar-refractivity contribution >= 4 is 10.9 Å². The van der Waals surface area contributed by atoms with Crippen LogP contribution in [0.5, 0.6) is 5.75 Å². The van der Waals surface area contributed by atoms with E-state index >= 15 is 0 Å². The topological polar surface area (TPSA) is 31.4 Å². The van der Waals surface area contributed by atoms with Crippen molar-refractivity contribution in [2.75, 3.05) is 0 Å². The van der Waals surface area contributed by atoms with Crippen molar-refractivity contribution in [3.05, 3.63) is 36.5 Å². The molecule has 3 rings (SSSR count). The molecule has 0 amide bonds. The minimum absolute atomic E-state index is 0.0421. The number of fused-ring (bicyclic) bond motifs is 1. The van der Waals surface area contributed by atoms with E-state index in [4.69, 9.17) is 9.47 Å². The SMILES string of the molecule is CC1(C)CC(Oc2cnc3ccccc3c2)C(C)(C)O1. The second-order valence-corrected chi connectivity index (χ2v) is 6.64. The summed E-state index contributed by atoms with van der Waals surface area (Å²) in [6.45, 7) is 8.38. The van der Waals surface area contributed by atoms with Gasteiger partial charge in [0.05, 0.1) is 17.3 Å². The molecule has 1 saturated heterocycles. The Kier molecular flexibility index (Phi) is 2.98. The summed E-state index contributed by atoms with van der Waals surface area (Å²) in [7, 11) is 0. The van der Waals surface area contributed by atoms with Crippen molar-refractivity contribution in [1.82, 2.24) is 4.98 Å². The average Bonchev–Trinajstić information content (AvgIpc) is 2.57. The molecule has 1 atom stereocenters. The van der Waals surface area contributed by atoms with Crippen LogP contribution in [-0.2, 0) is 4.74 Å². The molecule has 1 fully saturated rings. The smallest absolute Gasteiger partial charge is 0.138 e. The fourth-order valence-corrected chi connectivity index (χ4v) is 2.97. The monoisotopic (exact) mass is 271 g/mol. The Morgan fingerprint density at radius 2 is 1.95 bits per heavy atom. The first-order chi connectivity index (χ1) is 9.36. The molecule has 0 N–H and O–H groups in total. The van der Waals surface area contributed by atoms with Gasteiger partial charge in [-0.25, -0.2) is 0 Å². The lowest BCUT2D eigenvalue weighted by atomic mass is 9.97. The molecule has 1 unspecified atom stereocenters. The van der Waals surface area contributed by atoms with Gasteiger partial charge in [0, 0.05) is 11.8 Å². The number of hydrogen-bond donors (Lipinski definition) is 0. The summed E-state index contributed by atoms with van der Waals surface area (Å²) in [6, 6.07) is 10.1. The third-order valence-corrected chi connectivity index (χ3v) is 3.84. The van der Waals surface area contributed by atoms with E-state index in [0.717, 1.165) is 23.1 Å². The molecule has 0 saturated carbocycles. The van der Waals surface area contributed by atoms with E-state index < -0.39 is 0 Å². The fourth-order valence-electron chi connectivity index (χ4n) is 2.97. The summed E-state index contributed by atoms with van der Waals surface area (Å²) >= 11 is 0. The van der Waals surface area contributed by atoms with E-state index in [9.17, 15) is 0 Å². The molecule has 1 aliphatic rings. The number of pyridine rings is 1. The highest BCUT2D eigenvalue weighted by Gasteiger charge is 2.47. The summed E-state index contributed by atoms with van der Waals surface area (Å²) < 4.78 is 12.2. The third-order valence-electron chi connectivity index (χ3n) is 3.84. The molecule has 0 spiro atoms. The molecule has 2 heterocycles. The lowest BCUT2D eigenvalue weighted by Gasteiger charge is -2.27. The maximum absolute atomic E-state index is 6.15. The first kappa shape index (κ1) is 13.4. The highest BCUT2D eigenvalue weighted by molar-refractivity contribution is 5.79. The maximum Gasteiger partial charge on any atom is 0.138 e. The van der Waals surface area contributed by atoms with E-state index in [1.165, 1.54) is 0 Å². The van der Waals surface area contributed by atoms with Crippen LogP contribution in [0.25, 0.3) is 10.9 Å². The zero-order valence-electron chi connectivity index (χ0n) is 12.5. The van der Waals surface area contributed by atoms with Crippen LogP contribution < -0.4 is 4.74 Å². The van der Waals surface area contributed by atoms with Crippen LogP contribution in [0.4, 0.5) is 0 Å². The minimum Gasteiger partial charge on any atom is -0.486 e. The fraction of sp³-hybridized carbons (Fsp3) is 0.471. The predicted octanol–water partition coefficient (Wildman–Crippen LogP) is 3.96. The van der Waals surface area contributed by atoms with Gasteiger partial charge in [-0.1, -0.05) is 18.2 Å². The Hall–Kier alpha value is -1.61. The van der Waals surface area contributed by atoms with Gasteiger partial charge in [-0.15, -0.1) is 0 Å². The first-order valence-electron chi connectivity index (χ1n) is 7.07. The van der Waals surface area contributed by atoms with Gasteiger partial charge in [0.15, 0.2) is 0 Å². The molecule has 1 aromatic heterocycles. The number of rotatable bonds is 2. The maximum atomic E-state index is 6.15. The van der Waals surface area contributed by atoms with Gasteiger partial charge >= 0.3 is 0 Å². The molecule has 0 aliphatic carbocycles. The second kappa shape index (κ2) is 4.45. The van der Waals surface area contributed by atoms with E-state index in [-0.39, 0.29) is 17.3 Å². The molecule has 20 heavy (non-hydrogen) atoms. The molecule has 2 aromatic rings. The van der Waals surface area contributed by atoms with Gasteiger partial charge in [0.25, 0.3) is 0 Å². The number of aromatic nitrogens is 1. The van der Waals surface area contributed by atoms with Crippen LogP contribution in [0, 0.1) is 0 Å². The zero-order valence-corrected chi connectivity index (χ0v) is 12.5. The molecule has 3 nitrogen and oxygen atoms in total.